The van der Waals surface area contributed by atoms with Crippen LogP contribution in [0.3, 0.4) is 0 Å². The summed E-state index contributed by atoms with van der Waals surface area (Å²) < 4.78 is 0. The molecule has 0 heterocycles. The topological polar surface area (TPSA) is 3.24 Å². The van der Waals surface area contributed by atoms with Gasteiger partial charge in [-0.1, -0.05) is 140 Å². The SMILES string of the molecule is c1ccc(-c2ccc(N(c3ccc(-c4ccccc4)cc3)c3cccc4cc5c(cc34)-c3cc4cc(-c6ccccc6)ccc4cc3-5)cc2)cc1. The van der Waals surface area contributed by atoms with Crippen LogP contribution in [0.25, 0.3) is 77.2 Å². The molecule has 0 atom stereocenters. The molecule has 0 fully saturated rings. The molecule has 9 aromatic rings. The van der Waals surface area contributed by atoms with Crippen molar-refractivity contribution >= 4 is 38.6 Å². The van der Waals surface area contributed by atoms with Crippen molar-refractivity contribution in [3.63, 3.8) is 0 Å². The molecule has 1 aliphatic rings. The number of hydrogen-bond donors (Lipinski definition) is 0. The van der Waals surface area contributed by atoms with E-state index in [-0.39, 0.29) is 0 Å². The van der Waals surface area contributed by atoms with Gasteiger partial charge >= 0.3 is 0 Å². The lowest BCUT2D eigenvalue weighted by molar-refractivity contribution is 1.30. The Balaban J connectivity index is 1.10. The van der Waals surface area contributed by atoms with E-state index >= 15 is 0 Å². The zero-order valence-corrected chi connectivity index (χ0v) is 28.0. The quantitative estimate of drug-likeness (QED) is 0.174. The summed E-state index contributed by atoms with van der Waals surface area (Å²) in [4.78, 5) is 2.41. The molecule has 1 heteroatoms. The molecule has 238 valence electrons. The molecule has 0 unspecified atom stereocenters. The predicted octanol–water partition coefficient (Wildman–Crippen LogP) is 14.1. The van der Waals surface area contributed by atoms with Crippen molar-refractivity contribution in [3.8, 4) is 55.6 Å². The molecule has 0 spiro atoms. The molecule has 1 aliphatic carbocycles. The van der Waals surface area contributed by atoms with E-state index in [9.17, 15) is 0 Å². The Hall–Kier alpha value is -6.70. The minimum absolute atomic E-state index is 1.12. The molecule has 0 saturated carbocycles. The Morgan fingerprint density at radius 3 is 1.24 bits per heavy atom. The third-order valence-corrected chi connectivity index (χ3v) is 10.4. The first-order valence-corrected chi connectivity index (χ1v) is 17.6. The van der Waals surface area contributed by atoms with E-state index in [0.29, 0.717) is 0 Å². The van der Waals surface area contributed by atoms with Crippen molar-refractivity contribution in [3.05, 3.63) is 200 Å². The molecule has 0 amide bonds. The number of rotatable bonds is 6. The summed E-state index contributed by atoms with van der Waals surface area (Å²) >= 11 is 0. The first-order valence-electron chi connectivity index (χ1n) is 17.6. The normalized spacial score (nSPS) is 11.5. The van der Waals surface area contributed by atoms with Gasteiger partial charge in [-0.15, -0.1) is 0 Å². The lowest BCUT2D eigenvalue weighted by Gasteiger charge is -2.30. The predicted molar refractivity (Wildman–Crippen MR) is 217 cm³/mol. The van der Waals surface area contributed by atoms with Crippen LogP contribution in [-0.2, 0) is 0 Å². The molecular weight excluding hydrogens is 615 g/mol. The fourth-order valence-corrected chi connectivity index (χ4v) is 7.73. The number of hydrogen-bond acceptors (Lipinski definition) is 1. The van der Waals surface area contributed by atoms with Gasteiger partial charge in [0, 0.05) is 16.8 Å². The number of benzene rings is 9. The van der Waals surface area contributed by atoms with Gasteiger partial charge in [0.25, 0.3) is 0 Å². The molecule has 0 radical (unpaired) electrons. The van der Waals surface area contributed by atoms with Crippen LogP contribution < -0.4 is 4.90 Å². The van der Waals surface area contributed by atoms with Crippen LogP contribution >= 0.6 is 0 Å². The van der Waals surface area contributed by atoms with Gasteiger partial charge < -0.3 is 4.90 Å². The highest BCUT2D eigenvalue weighted by molar-refractivity contribution is 6.14. The Kier molecular flexibility index (Phi) is 6.89. The zero-order valence-electron chi connectivity index (χ0n) is 28.0. The summed E-state index contributed by atoms with van der Waals surface area (Å²) in [6.45, 7) is 0. The average Bonchev–Trinajstić information content (AvgIpc) is 3.21. The van der Waals surface area contributed by atoms with E-state index in [0.717, 1.165) is 17.1 Å². The molecule has 0 aromatic heterocycles. The van der Waals surface area contributed by atoms with Crippen LogP contribution in [0.1, 0.15) is 0 Å². The molecule has 51 heavy (non-hydrogen) atoms. The fourth-order valence-electron chi connectivity index (χ4n) is 7.73. The summed E-state index contributed by atoms with van der Waals surface area (Å²) in [5, 5.41) is 5.02. The van der Waals surface area contributed by atoms with Crippen molar-refractivity contribution in [2.75, 3.05) is 4.90 Å². The Morgan fingerprint density at radius 2 is 0.686 bits per heavy atom. The van der Waals surface area contributed by atoms with E-state index < -0.39 is 0 Å². The van der Waals surface area contributed by atoms with Gasteiger partial charge in [0.1, 0.15) is 0 Å². The number of anilines is 3. The third-order valence-electron chi connectivity index (χ3n) is 10.4. The number of fused-ring (bicyclic) bond motifs is 6. The second-order valence-corrected chi connectivity index (χ2v) is 13.4. The second kappa shape index (κ2) is 12.0. The minimum atomic E-state index is 1.12. The van der Waals surface area contributed by atoms with Gasteiger partial charge in [-0.2, -0.15) is 0 Å². The third kappa shape index (κ3) is 5.10. The number of nitrogens with zero attached hydrogens (tertiary/aromatic N) is 1. The Bertz CT molecular complexity index is 2610. The monoisotopic (exact) mass is 647 g/mol. The van der Waals surface area contributed by atoms with Gasteiger partial charge in [0.15, 0.2) is 0 Å². The Morgan fingerprint density at radius 1 is 0.255 bits per heavy atom. The van der Waals surface area contributed by atoms with Crippen LogP contribution in [0.2, 0.25) is 0 Å². The molecule has 0 aliphatic heterocycles. The van der Waals surface area contributed by atoms with Gasteiger partial charge in [-0.3, -0.25) is 0 Å². The maximum absolute atomic E-state index is 2.42. The molecule has 0 N–H and O–H groups in total. The van der Waals surface area contributed by atoms with Crippen molar-refractivity contribution in [1.29, 1.82) is 0 Å². The highest BCUT2D eigenvalue weighted by Gasteiger charge is 2.25. The molecule has 1 nitrogen and oxygen atoms in total. The van der Waals surface area contributed by atoms with Crippen LogP contribution in [0.15, 0.2) is 200 Å². The fraction of sp³-hybridized carbons (Fsp3) is 0. The average molecular weight is 648 g/mol. The second-order valence-electron chi connectivity index (χ2n) is 13.4. The van der Waals surface area contributed by atoms with E-state index in [4.69, 9.17) is 0 Å². The standard InChI is InChI=1S/C50H33N/c1-4-11-34(12-5-1)37-21-25-43(26-22-37)51(44-27-23-38(24-28-44)35-13-6-2-7-14-35)50-18-10-17-41-31-47-46-30-40-20-19-39(36-15-8-3-9-16-36)29-42(40)32-48(46)49(47)33-45(41)50/h1-33H. The van der Waals surface area contributed by atoms with Crippen LogP contribution in [0.4, 0.5) is 17.1 Å². The smallest absolute Gasteiger partial charge is 0.0540 e. The first-order chi connectivity index (χ1) is 25.3. The lowest BCUT2D eigenvalue weighted by atomic mass is 9.77. The van der Waals surface area contributed by atoms with E-state index in [1.165, 1.54) is 77.2 Å². The maximum Gasteiger partial charge on any atom is 0.0540 e. The van der Waals surface area contributed by atoms with Crippen LogP contribution in [0.5, 0.6) is 0 Å². The maximum atomic E-state index is 2.42. The molecular formula is C50H33N. The zero-order chi connectivity index (χ0) is 33.7. The van der Waals surface area contributed by atoms with Crippen molar-refractivity contribution in [2.24, 2.45) is 0 Å². The van der Waals surface area contributed by atoms with Crippen molar-refractivity contribution in [2.45, 2.75) is 0 Å². The van der Waals surface area contributed by atoms with Gasteiger partial charge in [-0.05, 0) is 132 Å². The van der Waals surface area contributed by atoms with Gasteiger partial charge in [-0.25, -0.2) is 0 Å². The molecule has 9 aromatic carbocycles. The van der Waals surface area contributed by atoms with Crippen LogP contribution in [-0.4, -0.2) is 0 Å². The van der Waals surface area contributed by atoms with Gasteiger partial charge in [0.2, 0.25) is 0 Å². The van der Waals surface area contributed by atoms with Crippen molar-refractivity contribution < 1.29 is 0 Å². The summed E-state index contributed by atoms with van der Waals surface area (Å²) in [6, 6.07) is 72.9. The summed E-state index contributed by atoms with van der Waals surface area (Å²) in [5.74, 6) is 0. The lowest BCUT2D eigenvalue weighted by Crippen LogP contribution is -2.11. The van der Waals surface area contributed by atoms with Gasteiger partial charge in [0.05, 0.1) is 5.69 Å². The minimum Gasteiger partial charge on any atom is -0.310 e. The Labute approximate surface area is 298 Å². The van der Waals surface area contributed by atoms with E-state index in [1.54, 1.807) is 0 Å². The summed E-state index contributed by atoms with van der Waals surface area (Å²) in [6.07, 6.45) is 0. The molecule has 10 rings (SSSR count). The highest BCUT2D eigenvalue weighted by atomic mass is 15.1. The highest BCUT2D eigenvalue weighted by Crippen LogP contribution is 2.52. The van der Waals surface area contributed by atoms with Crippen LogP contribution in [0, 0.1) is 0 Å². The largest absolute Gasteiger partial charge is 0.310 e. The molecule has 0 saturated heterocycles. The summed E-state index contributed by atoms with van der Waals surface area (Å²) in [7, 11) is 0. The molecule has 0 bridgehead atoms. The van der Waals surface area contributed by atoms with Crippen molar-refractivity contribution in [1.82, 2.24) is 0 Å². The summed E-state index contributed by atoms with van der Waals surface area (Å²) in [5.41, 5.74) is 16.0. The van der Waals surface area contributed by atoms with E-state index in [1.807, 2.05) is 0 Å². The van der Waals surface area contributed by atoms with E-state index in [2.05, 4.69) is 205 Å². The first kappa shape index (κ1) is 29.2.